The van der Waals surface area contributed by atoms with E-state index < -0.39 is 0 Å². The Morgan fingerprint density at radius 2 is 2.50 bits per heavy atom. The molecule has 0 bridgehead atoms. The van der Waals surface area contributed by atoms with Gasteiger partial charge in [0.2, 0.25) is 0 Å². The predicted molar refractivity (Wildman–Crippen MR) is 55.6 cm³/mol. The van der Waals surface area contributed by atoms with Crippen LogP contribution in [0.5, 0.6) is 0 Å². The van der Waals surface area contributed by atoms with Gasteiger partial charge in [-0.1, -0.05) is 17.7 Å². The van der Waals surface area contributed by atoms with E-state index in [-0.39, 0.29) is 0 Å². The molecule has 2 heterocycles. The molecule has 0 saturated carbocycles. The first-order valence-electron chi connectivity index (χ1n) is 5.03. The fourth-order valence-corrected chi connectivity index (χ4v) is 1.76. The first kappa shape index (κ1) is 9.40. The highest BCUT2D eigenvalue weighted by atomic mass is 15.4. The van der Waals surface area contributed by atoms with Crippen molar-refractivity contribution in [2.45, 2.75) is 13.3 Å². The number of hydrogen-bond donors (Lipinski definition) is 1. The van der Waals surface area contributed by atoms with Crippen molar-refractivity contribution >= 4 is 6.08 Å². The van der Waals surface area contributed by atoms with Gasteiger partial charge in [0.25, 0.3) is 0 Å². The monoisotopic (exact) mass is 192 g/mol. The van der Waals surface area contributed by atoms with Crippen molar-refractivity contribution in [1.82, 2.24) is 20.3 Å². The van der Waals surface area contributed by atoms with Gasteiger partial charge in [-0.2, -0.15) is 0 Å². The molecule has 1 atom stereocenters. The van der Waals surface area contributed by atoms with Gasteiger partial charge in [0.15, 0.2) is 0 Å². The molecule has 1 aliphatic rings. The van der Waals surface area contributed by atoms with E-state index in [0.717, 1.165) is 25.2 Å². The number of nitrogens with zero attached hydrogens (tertiary/aromatic N) is 3. The fourth-order valence-electron chi connectivity index (χ4n) is 1.76. The average Bonchev–Trinajstić information content (AvgIpc) is 2.56. The van der Waals surface area contributed by atoms with Gasteiger partial charge in [-0.25, -0.2) is 0 Å². The zero-order chi connectivity index (χ0) is 9.97. The molecule has 1 saturated heterocycles. The molecule has 0 amide bonds. The molecule has 1 N–H and O–H groups in total. The van der Waals surface area contributed by atoms with Crippen molar-refractivity contribution in [1.29, 1.82) is 0 Å². The van der Waals surface area contributed by atoms with E-state index in [1.807, 2.05) is 13.2 Å². The fraction of sp³-hybridized carbons (Fsp3) is 0.600. The van der Waals surface area contributed by atoms with Crippen LogP contribution in [0.15, 0.2) is 11.8 Å². The molecule has 4 nitrogen and oxygen atoms in total. The molecule has 1 aromatic heterocycles. The second-order valence-corrected chi connectivity index (χ2v) is 3.89. The molecule has 1 fully saturated rings. The standard InChI is InChI=1S/C10H16N4/c1-8-6-11-4-3-9(8)5-10-7-14(2)13-12-10/h5,7-8,11H,3-4,6H2,1-2H3/b9-5-. The molecule has 1 unspecified atom stereocenters. The summed E-state index contributed by atoms with van der Waals surface area (Å²) in [7, 11) is 1.89. The molecule has 2 rings (SSSR count). The van der Waals surface area contributed by atoms with Gasteiger partial charge in [-0.3, -0.25) is 4.68 Å². The molecule has 0 radical (unpaired) electrons. The maximum atomic E-state index is 4.06. The Morgan fingerprint density at radius 1 is 1.64 bits per heavy atom. The molecule has 1 aromatic rings. The van der Waals surface area contributed by atoms with Gasteiger partial charge < -0.3 is 5.32 Å². The molecule has 1 aliphatic heterocycles. The van der Waals surface area contributed by atoms with Gasteiger partial charge in [-0.05, 0) is 25.0 Å². The lowest BCUT2D eigenvalue weighted by atomic mass is 9.94. The highest BCUT2D eigenvalue weighted by molar-refractivity contribution is 5.48. The van der Waals surface area contributed by atoms with Gasteiger partial charge in [-0.15, -0.1) is 5.10 Å². The summed E-state index contributed by atoms with van der Waals surface area (Å²) in [6, 6.07) is 0. The van der Waals surface area contributed by atoms with Crippen molar-refractivity contribution in [2.24, 2.45) is 13.0 Å². The van der Waals surface area contributed by atoms with Gasteiger partial charge in [0.1, 0.15) is 5.69 Å². The number of piperidine rings is 1. The van der Waals surface area contributed by atoms with E-state index in [2.05, 4.69) is 28.6 Å². The third-order valence-electron chi connectivity index (χ3n) is 2.63. The summed E-state index contributed by atoms with van der Waals surface area (Å²) in [6.07, 6.45) is 5.23. The van der Waals surface area contributed by atoms with E-state index in [1.54, 1.807) is 4.68 Å². The number of hydrogen-bond acceptors (Lipinski definition) is 3. The van der Waals surface area contributed by atoms with Gasteiger partial charge in [0, 0.05) is 13.6 Å². The number of rotatable bonds is 1. The molecule has 14 heavy (non-hydrogen) atoms. The SMILES string of the molecule is CC1CNCC/C1=C/c1cn(C)nn1. The topological polar surface area (TPSA) is 42.7 Å². The van der Waals surface area contributed by atoms with Crippen LogP contribution in [0.2, 0.25) is 0 Å². The zero-order valence-electron chi connectivity index (χ0n) is 8.70. The third-order valence-corrected chi connectivity index (χ3v) is 2.63. The summed E-state index contributed by atoms with van der Waals surface area (Å²) < 4.78 is 1.73. The Hall–Kier alpha value is -1.16. The van der Waals surface area contributed by atoms with E-state index in [1.165, 1.54) is 5.57 Å². The summed E-state index contributed by atoms with van der Waals surface area (Å²) in [5.74, 6) is 0.616. The lowest BCUT2D eigenvalue weighted by Crippen LogP contribution is -2.29. The van der Waals surface area contributed by atoms with Crippen LogP contribution in [-0.2, 0) is 7.05 Å². The molecule has 76 valence electrons. The normalized spacial score (nSPS) is 25.6. The van der Waals surface area contributed by atoms with E-state index in [4.69, 9.17) is 0 Å². The first-order valence-corrected chi connectivity index (χ1v) is 5.03. The summed E-state index contributed by atoms with van der Waals surface area (Å²) >= 11 is 0. The summed E-state index contributed by atoms with van der Waals surface area (Å²) in [6.45, 7) is 4.40. The van der Waals surface area contributed by atoms with Crippen LogP contribution in [0.3, 0.4) is 0 Å². The Morgan fingerprint density at radius 3 is 3.14 bits per heavy atom. The zero-order valence-corrected chi connectivity index (χ0v) is 8.70. The van der Waals surface area contributed by atoms with E-state index in [0.29, 0.717) is 5.92 Å². The van der Waals surface area contributed by atoms with Crippen LogP contribution in [0.25, 0.3) is 6.08 Å². The maximum absolute atomic E-state index is 4.06. The Labute approximate surface area is 84.0 Å². The lowest BCUT2D eigenvalue weighted by Gasteiger charge is -2.22. The van der Waals surface area contributed by atoms with E-state index >= 15 is 0 Å². The molecular formula is C10H16N4. The van der Waals surface area contributed by atoms with Crippen LogP contribution in [0.4, 0.5) is 0 Å². The van der Waals surface area contributed by atoms with Crippen LogP contribution >= 0.6 is 0 Å². The van der Waals surface area contributed by atoms with Crippen LogP contribution in [0, 0.1) is 5.92 Å². The van der Waals surface area contributed by atoms with Crippen LogP contribution in [-0.4, -0.2) is 28.1 Å². The maximum Gasteiger partial charge on any atom is 0.105 e. The van der Waals surface area contributed by atoms with Crippen molar-refractivity contribution < 1.29 is 0 Å². The summed E-state index contributed by atoms with van der Waals surface area (Å²) in [5, 5.41) is 11.3. The van der Waals surface area contributed by atoms with Crippen LogP contribution < -0.4 is 5.32 Å². The van der Waals surface area contributed by atoms with E-state index in [9.17, 15) is 0 Å². The number of aryl methyl sites for hydroxylation is 1. The molecular weight excluding hydrogens is 176 g/mol. The number of aromatic nitrogens is 3. The van der Waals surface area contributed by atoms with Crippen LogP contribution in [0.1, 0.15) is 19.0 Å². The Kier molecular flexibility index (Phi) is 2.63. The largest absolute Gasteiger partial charge is 0.316 e. The Balaban J connectivity index is 2.16. The highest BCUT2D eigenvalue weighted by Crippen LogP contribution is 2.19. The highest BCUT2D eigenvalue weighted by Gasteiger charge is 2.13. The number of nitrogens with one attached hydrogen (secondary N) is 1. The van der Waals surface area contributed by atoms with Crippen molar-refractivity contribution in [3.05, 3.63) is 17.5 Å². The molecule has 0 aliphatic carbocycles. The van der Waals surface area contributed by atoms with Gasteiger partial charge >= 0.3 is 0 Å². The minimum Gasteiger partial charge on any atom is -0.316 e. The Bertz CT molecular complexity index is 340. The minimum atomic E-state index is 0.616. The minimum absolute atomic E-state index is 0.616. The van der Waals surface area contributed by atoms with Crippen molar-refractivity contribution in [2.75, 3.05) is 13.1 Å². The first-order chi connectivity index (χ1) is 6.75. The second kappa shape index (κ2) is 3.92. The predicted octanol–water partition coefficient (Wildman–Crippen LogP) is 0.828. The summed E-state index contributed by atoms with van der Waals surface area (Å²) in [4.78, 5) is 0. The van der Waals surface area contributed by atoms with Gasteiger partial charge in [0.05, 0.1) is 6.20 Å². The molecule has 0 aromatic carbocycles. The smallest absolute Gasteiger partial charge is 0.105 e. The van der Waals surface area contributed by atoms with Crippen molar-refractivity contribution in [3.8, 4) is 0 Å². The molecule has 0 spiro atoms. The lowest BCUT2D eigenvalue weighted by molar-refractivity contribution is 0.505. The quantitative estimate of drug-likeness (QED) is 0.716. The average molecular weight is 192 g/mol. The second-order valence-electron chi connectivity index (χ2n) is 3.89. The molecule has 4 heteroatoms. The summed E-state index contributed by atoms with van der Waals surface area (Å²) in [5.41, 5.74) is 2.44. The van der Waals surface area contributed by atoms with Crippen molar-refractivity contribution in [3.63, 3.8) is 0 Å². The third kappa shape index (κ3) is 2.01.